The molecule has 138 valence electrons. The Balaban J connectivity index is 1.74. The number of hydrogen-bond acceptors (Lipinski definition) is 2. The molecule has 1 aromatic heterocycles. The number of carbonyl (C=O) groups excluding carboxylic acids is 1. The minimum absolute atomic E-state index is 0.109. The highest BCUT2D eigenvalue weighted by Crippen LogP contribution is 2.29. The Kier molecular flexibility index (Phi) is 4.80. The molecule has 0 radical (unpaired) electrons. The van der Waals surface area contributed by atoms with E-state index in [1.54, 1.807) is 0 Å². The van der Waals surface area contributed by atoms with E-state index in [1.165, 1.54) is 5.56 Å². The predicted molar refractivity (Wildman–Crippen MR) is 109 cm³/mol. The van der Waals surface area contributed by atoms with Gasteiger partial charge in [-0.05, 0) is 38.3 Å². The Morgan fingerprint density at radius 1 is 1.04 bits per heavy atom. The molecule has 2 aromatic carbocycles. The van der Waals surface area contributed by atoms with Gasteiger partial charge in [0.15, 0.2) is 0 Å². The van der Waals surface area contributed by atoms with Gasteiger partial charge < -0.3 is 5.32 Å². The number of benzene rings is 2. The summed E-state index contributed by atoms with van der Waals surface area (Å²) in [5, 5.41) is 7.96. The highest BCUT2D eigenvalue weighted by molar-refractivity contribution is 5.92. The first-order valence-electron chi connectivity index (χ1n) is 9.66. The van der Waals surface area contributed by atoms with Gasteiger partial charge >= 0.3 is 0 Å². The lowest BCUT2D eigenvalue weighted by molar-refractivity contribution is -0.119. The third-order valence-corrected chi connectivity index (χ3v) is 5.38. The fourth-order valence-electron chi connectivity index (χ4n) is 3.74. The lowest BCUT2D eigenvalue weighted by Gasteiger charge is -2.13. The molecule has 0 spiro atoms. The minimum Gasteiger partial charge on any atom is -0.310 e. The molecule has 0 atom stereocenters. The van der Waals surface area contributed by atoms with Crippen LogP contribution in [0.2, 0.25) is 0 Å². The summed E-state index contributed by atoms with van der Waals surface area (Å²) in [6.45, 7) is 4.13. The third kappa shape index (κ3) is 3.65. The Morgan fingerprint density at radius 2 is 1.74 bits per heavy atom. The first-order valence-corrected chi connectivity index (χ1v) is 9.66. The van der Waals surface area contributed by atoms with Gasteiger partial charge in [0.2, 0.25) is 5.91 Å². The van der Waals surface area contributed by atoms with Crippen LogP contribution in [0.15, 0.2) is 54.6 Å². The number of nitrogens with zero attached hydrogens (tertiary/aromatic N) is 2. The van der Waals surface area contributed by atoms with Crippen LogP contribution in [-0.4, -0.2) is 15.7 Å². The molecule has 0 aliphatic heterocycles. The van der Waals surface area contributed by atoms with E-state index >= 15 is 0 Å². The van der Waals surface area contributed by atoms with Crippen LogP contribution < -0.4 is 5.32 Å². The molecule has 1 heterocycles. The summed E-state index contributed by atoms with van der Waals surface area (Å²) in [6.07, 6.45) is 4.25. The average molecular weight is 359 g/mol. The molecule has 1 N–H and O–H groups in total. The summed E-state index contributed by atoms with van der Waals surface area (Å²) in [6, 6.07) is 18.4. The van der Waals surface area contributed by atoms with E-state index in [9.17, 15) is 4.79 Å². The number of para-hydroxylation sites is 1. The van der Waals surface area contributed by atoms with Crippen molar-refractivity contribution in [2.45, 2.75) is 39.5 Å². The van der Waals surface area contributed by atoms with Crippen molar-refractivity contribution in [2.75, 3.05) is 5.32 Å². The number of nitrogens with one attached hydrogen (secondary N) is 1. The van der Waals surface area contributed by atoms with Gasteiger partial charge in [0.25, 0.3) is 0 Å². The van der Waals surface area contributed by atoms with Crippen molar-refractivity contribution in [2.24, 2.45) is 5.92 Å². The molecule has 4 nitrogen and oxygen atoms in total. The van der Waals surface area contributed by atoms with Gasteiger partial charge in [0.05, 0.1) is 11.4 Å². The maximum atomic E-state index is 12.7. The Labute approximate surface area is 160 Å². The van der Waals surface area contributed by atoms with Crippen LogP contribution in [0, 0.1) is 19.8 Å². The molecular formula is C23H25N3O. The van der Waals surface area contributed by atoms with E-state index in [0.29, 0.717) is 0 Å². The van der Waals surface area contributed by atoms with Crippen molar-refractivity contribution in [1.29, 1.82) is 0 Å². The van der Waals surface area contributed by atoms with Crippen molar-refractivity contribution in [3.05, 3.63) is 65.7 Å². The number of carbonyl (C=O) groups is 1. The number of anilines is 1. The molecule has 27 heavy (non-hydrogen) atoms. The lowest BCUT2D eigenvalue weighted by atomic mass is 10.1. The van der Waals surface area contributed by atoms with E-state index in [1.807, 2.05) is 28.9 Å². The van der Waals surface area contributed by atoms with Crippen LogP contribution >= 0.6 is 0 Å². The number of amides is 1. The predicted octanol–water partition coefficient (Wildman–Crippen LogP) is 5.28. The first kappa shape index (κ1) is 17.5. The largest absolute Gasteiger partial charge is 0.310 e. The van der Waals surface area contributed by atoms with Gasteiger partial charge in [0.1, 0.15) is 5.82 Å². The summed E-state index contributed by atoms with van der Waals surface area (Å²) in [5.74, 6) is 0.961. The Morgan fingerprint density at radius 3 is 2.44 bits per heavy atom. The SMILES string of the molecule is Cc1ccc(-c2cc(NC(=O)C3CCCC3)n(-c3ccccc3C)n2)cc1. The molecule has 1 amide bonds. The highest BCUT2D eigenvalue weighted by Gasteiger charge is 2.24. The average Bonchev–Trinajstić information content (AvgIpc) is 3.33. The van der Waals surface area contributed by atoms with Crippen LogP contribution in [0.3, 0.4) is 0 Å². The highest BCUT2D eigenvalue weighted by atomic mass is 16.2. The molecule has 1 aliphatic carbocycles. The standard InChI is InChI=1S/C23H25N3O/c1-16-11-13-18(14-12-16)20-15-22(24-23(27)19-8-4-5-9-19)26(25-20)21-10-6-3-7-17(21)2/h3,6-7,10-15,19H,4-5,8-9H2,1-2H3,(H,24,27). The van der Waals surface area contributed by atoms with E-state index in [4.69, 9.17) is 5.10 Å². The van der Waals surface area contributed by atoms with Crippen LogP contribution in [0.1, 0.15) is 36.8 Å². The summed E-state index contributed by atoms with van der Waals surface area (Å²) < 4.78 is 1.86. The zero-order valence-electron chi connectivity index (χ0n) is 15.9. The third-order valence-electron chi connectivity index (χ3n) is 5.38. The van der Waals surface area contributed by atoms with Gasteiger partial charge in [-0.15, -0.1) is 0 Å². The maximum absolute atomic E-state index is 12.7. The number of hydrogen-bond donors (Lipinski definition) is 1. The van der Waals surface area contributed by atoms with Crippen molar-refractivity contribution in [3.63, 3.8) is 0 Å². The molecule has 1 saturated carbocycles. The number of aromatic nitrogens is 2. The van der Waals surface area contributed by atoms with Crippen LogP contribution in [0.4, 0.5) is 5.82 Å². The fraction of sp³-hybridized carbons (Fsp3) is 0.304. The molecule has 4 rings (SSSR count). The van der Waals surface area contributed by atoms with Gasteiger partial charge in [-0.25, -0.2) is 4.68 Å². The lowest BCUT2D eigenvalue weighted by Crippen LogP contribution is -2.22. The fourth-order valence-corrected chi connectivity index (χ4v) is 3.74. The zero-order valence-corrected chi connectivity index (χ0v) is 15.9. The van der Waals surface area contributed by atoms with Gasteiger partial charge in [-0.1, -0.05) is 60.9 Å². The van der Waals surface area contributed by atoms with Crippen molar-refractivity contribution in [3.8, 4) is 16.9 Å². The molecule has 0 saturated heterocycles. The van der Waals surface area contributed by atoms with Crippen LogP contribution in [0.5, 0.6) is 0 Å². The number of rotatable bonds is 4. The van der Waals surface area contributed by atoms with Crippen LogP contribution in [0.25, 0.3) is 16.9 Å². The molecule has 4 heteroatoms. The first-order chi connectivity index (χ1) is 13.1. The number of aryl methyl sites for hydroxylation is 2. The quantitative estimate of drug-likeness (QED) is 0.688. The van der Waals surface area contributed by atoms with E-state index in [2.05, 4.69) is 49.5 Å². The molecule has 1 fully saturated rings. The summed E-state index contributed by atoms with van der Waals surface area (Å²) in [7, 11) is 0. The van der Waals surface area contributed by atoms with Crippen molar-refractivity contribution in [1.82, 2.24) is 9.78 Å². The summed E-state index contributed by atoms with van der Waals surface area (Å²) in [5.41, 5.74) is 5.22. The second-order valence-electron chi connectivity index (χ2n) is 7.45. The second-order valence-corrected chi connectivity index (χ2v) is 7.45. The van der Waals surface area contributed by atoms with Gasteiger partial charge in [-0.3, -0.25) is 4.79 Å². The van der Waals surface area contributed by atoms with Gasteiger partial charge in [0, 0.05) is 17.5 Å². The Hall–Kier alpha value is -2.88. The van der Waals surface area contributed by atoms with Crippen molar-refractivity contribution < 1.29 is 4.79 Å². The smallest absolute Gasteiger partial charge is 0.228 e. The minimum atomic E-state index is 0.109. The van der Waals surface area contributed by atoms with E-state index in [0.717, 1.165) is 54.0 Å². The normalized spacial score (nSPS) is 14.4. The van der Waals surface area contributed by atoms with E-state index < -0.39 is 0 Å². The van der Waals surface area contributed by atoms with Crippen LogP contribution in [-0.2, 0) is 4.79 Å². The van der Waals surface area contributed by atoms with E-state index in [-0.39, 0.29) is 11.8 Å². The summed E-state index contributed by atoms with van der Waals surface area (Å²) >= 11 is 0. The molecule has 0 bridgehead atoms. The molecular weight excluding hydrogens is 334 g/mol. The van der Waals surface area contributed by atoms with Crippen molar-refractivity contribution >= 4 is 11.7 Å². The van der Waals surface area contributed by atoms with Gasteiger partial charge in [-0.2, -0.15) is 5.10 Å². The second kappa shape index (κ2) is 7.39. The molecule has 1 aliphatic rings. The monoisotopic (exact) mass is 359 g/mol. The summed E-state index contributed by atoms with van der Waals surface area (Å²) in [4.78, 5) is 12.7. The molecule has 0 unspecified atom stereocenters. The zero-order chi connectivity index (χ0) is 18.8. The topological polar surface area (TPSA) is 46.9 Å². The molecule has 3 aromatic rings. The maximum Gasteiger partial charge on any atom is 0.228 e. The Bertz CT molecular complexity index is 950.